The van der Waals surface area contributed by atoms with Crippen molar-refractivity contribution in [1.82, 2.24) is 0 Å². The van der Waals surface area contributed by atoms with Crippen molar-refractivity contribution < 1.29 is 28.5 Å². The van der Waals surface area contributed by atoms with Crippen LogP contribution in [-0.4, -0.2) is 41.5 Å². The summed E-state index contributed by atoms with van der Waals surface area (Å²) in [5.41, 5.74) is 1.48. The molecule has 6 heteroatoms. The standard InChI is InChI=1S/C18H20O6/c1-20-13-8-6-7-11(16(13)22-3)15-12(18(19)24-5)9-10-14(21-2)17(15)23-4/h6-10H,1-5H3. The minimum atomic E-state index is -0.490. The molecule has 0 aliphatic rings. The van der Waals surface area contributed by atoms with Gasteiger partial charge in [-0.3, -0.25) is 0 Å². The van der Waals surface area contributed by atoms with Crippen LogP contribution in [0.4, 0.5) is 0 Å². The smallest absolute Gasteiger partial charge is 0.338 e. The Morgan fingerprint density at radius 3 is 1.92 bits per heavy atom. The summed E-state index contributed by atoms with van der Waals surface area (Å²) in [5.74, 6) is 1.43. The van der Waals surface area contributed by atoms with Crippen LogP contribution < -0.4 is 18.9 Å². The van der Waals surface area contributed by atoms with E-state index in [0.29, 0.717) is 39.7 Å². The summed E-state index contributed by atoms with van der Waals surface area (Å²) in [6, 6.07) is 8.66. The Labute approximate surface area is 140 Å². The van der Waals surface area contributed by atoms with Crippen LogP contribution in [0, 0.1) is 0 Å². The lowest BCUT2D eigenvalue weighted by Crippen LogP contribution is -2.07. The highest BCUT2D eigenvalue weighted by Crippen LogP contribution is 2.46. The molecule has 6 nitrogen and oxygen atoms in total. The molecular weight excluding hydrogens is 312 g/mol. The molecule has 0 fully saturated rings. The van der Waals surface area contributed by atoms with Crippen LogP contribution in [0.2, 0.25) is 0 Å². The van der Waals surface area contributed by atoms with Crippen molar-refractivity contribution in [3.8, 4) is 34.1 Å². The predicted molar refractivity (Wildman–Crippen MR) is 89.4 cm³/mol. The summed E-state index contributed by atoms with van der Waals surface area (Å²) in [4.78, 5) is 12.2. The van der Waals surface area contributed by atoms with E-state index < -0.39 is 5.97 Å². The fraction of sp³-hybridized carbons (Fsp3) is 0.278. The molecule has 0 N–H and O–H groups in total. The quantitative estimate of drug-likeness (QED) is 0.757. The first-order chi connectivity index (χ1) is 11.6. The van der Waals surface area contributed by atoms with E-state index in [1.165, 1.54) is 28.4 Å². The maximum atomic E-state index is 12.2. The molecule has 0 amide bonds. The predicted octanol–water partition coefficient (Wildman–Crippen LogP) is 3.17. The van der Waals surface area contributed by atoms with E-state index in [-0.39, 0.29) is 0 Å². The number of methoxy groups -OCH3 is 5. The average molecular weight is 332 g/mol. The van der Waals surface area contributed by atoms with Crippen molar-refractivity contribution in [2.24, 2.45) is 0 Å². The number of carbonyl (C=O) groups excluding carboxylic acids is 1. The molecule has 0 saturated carbocycles. The molecule has 24 heavy (non-hydrogen) atoms. The summed E-state index contributed by atoms with van der Waals surface area (Å²) in [6.07, 6.45) is 0. The maximum absolute atomic E-state index is 12.2. The molecule has 0 spiro atoms. The fourth-order valence-corrected chi connectivity index (χ4v) is 2.56. The highest BCUT2D eigenvalue weighted by atomic mass is 16.5. The van der Waals surface area contributed by atoms with Gasteiger partial charge < -0.3 is 23.7 Å². The van der Waals surface area contributed by atoms with Crippen LogP contribution >= 0.6 is 0 Å². The number of hydrogen-bond acceptors (Lipinski definition) is 6. The lowest BCUT2D eigenvalue weighted by Gasteiger charge is -2.19. The second-order valence-corrected chi connectivity index (χ2v) is 4.76. The second kappa shape index (κ2) is 7.59. The molecule has 128 valence electrons. The Morgan fingerprint density at radius 1 is 0.750 bits per heavy atom. The number of ether oxygens (including phenoxy) is 5. The van der Waals surface area contributed by atoms with Crippen LogP contribution in [0.1, 0.15) is 10.4 Å². The van der Waals surface area contributed by atoms with E-state index in [1.807, 2.05) is 6.07 Å². The zero-order valence-electron chi connectivity index (χ0n) is 14.3. The minimum absolute atomic E-state index is 0.335. The van der Waals surface area contributed by atoms with Crippen molar-refractivity contribution in [3.63, 3.8) is 0 Å². The van der Waals surface area contributed by atoms with Gasteiger partial charge in [-0.15, -0.1) is 0 Å². The third kappa shape index (κ3) is 2.95. The number of rotatable bonds is 6. The first-order valence-electron chi connectivity index (χ1n) is 7.17. The number of hydrogen-bond donors (Lipinski definition) is 0. The summed E-state index contributed by atoms with van der Waals surface area (Å²) in [7, 11) is 7.44. The SMILES string of the molecule is COC(=O)c1ccc(OC)c(OC)c1-c1cccc(OC)c1OC. The van der Waals surface area contributed by atoms with Gasteiger partial charge in [0.15, 0.2) is 23.0 Å². The molecule has 0 saturated heterocycles. The molecule has 0 atom stereocenters. The van der Waals surface area contributed by atoms with Gasteiger partial charge in [-0.25, -0.2) is 4.79 Å². The lowest BCUT2D eigenvalue weighted by atomic mass is 9.96. The van der Waals surface area contributed by atoms with E-state index in [0.717, 1.165) is 0 Å². The number of esters is 1. The lowest BCUT2D eigenvalue weighted by molar-refractivity contribution is 0.0601. The third-order valence-electron chi connectivity index (χ3n) is 3.62. The fourth-order valence-electron chi connectivity index (χ4n) is 2.56. The van der Waals surface area contributed by atoms with Crippen LogP contribution in [0.25, 0.3) is 11.1 Å². The van der Waals surface area contributed by atoms with Crippen molar-refractivity contribution >= 4 is 5.97 Å². The molecule has 0 aliphatic heterocycles. The van der Waals surface area contributed by atoms with E-state index in [4.69, 9.17) is 23.7 Å². The van der Waals surface area contributed by atoms with Crippen molar-refractivity contribution in [3.05, 3.63) is 35.9 Å². The number of carbonyl (C=O) groups is 1. The van der Waals surface area contributed by atoms with E-state index in [9.17, 15) is 4.79 Å². The summed E-state index contributed by atoms with van der Waals surface area (Å²) in [6.45, 7) is 0. The van der Waals surface area contributed by atoms with Gasteiger partial charge in [0.2, 0.25) is 0 Å². The van der Waals surface area contributed by atoms with Gasteiger partial charge in [0.1, 0.15) is 0 Å². The largest absolute Gasteiger partial charge is 0.493 e. The summed E-state index contributed by atoms with van der Waals surface area (Å²) < 4.78 is 26.6. The van der Waals surface area contributed by atoms with E-state index in [1.54, 1.807) is 31.4 Å². The average Bonchev–Trinajstić information content (AvgIpc) is 2.64. The van der Waals surface area contributed by atoms with Crippen molar-refractivity contribution in [2.45, 2.75) is 0 Å². The molecule has 0 radical (unpaired) electrons. The highest BCUT2D eigenvalue weighted by Gasteiger charge is 2.25. The topological polar surface area (TPSA) is 63.2 Å². The Morgan fingerprint density at radius 2 is 1.38 bits per heavy atom. The highest BCUT2D eigenvalue weighted by molar-refractivity contribution is 6.01. The normalized spacial score (nSPS) is 10.0. The van der Waals surface area contributed by atoms with Crippen LogP contribution in [0.15, 0.2) is 30.3 Å². The van der Waals surface area contributed by atoms with Gasteiger partial charge in [-0.05, 0) is 18.2 Å². The molecule has 0 unspecified atom stereocenters. The molecule has 2 aromatic carbocycles. The Bertz CT molecular complexity index is 739. The van der Waals surface area contributed by atoms with Gasteiger partial charge >= 0.3 is 5.97 Å². The van der Waals surface area contributed by atoms with Crippen LogP contribution in [0.3, 0.4) is 0 Å². The second-order valence-electron chi connectivity index (χ2n) is 4.76. The molecule has 0 bridgehead atoms. The van der Waals surface area contributed by atoms with Gasteiger partial charge in [0.05, 0.1) is 41.1 Å². The number of benzene rings is 2. The molecular formula is C18H20O6. The summed E-state index contributed by atoms with van der Waals surface area (Å²) >= 11 is 0. The van der Waals surface area contributed by atoms with Crippen LogP contribution in [-0.2, 0) is 4.74 Å². The van der Waals surface area contributed by atoms with E-state index >= 15 is 0 Å². The monoisotopic (exact) mass is 332 g/mol. The van der Waals surface area contributed by atoms with Crippen molar-refractivity contribution in [1.29, 1.82) is 0 Å². The Balaban J connectivity index is 2.88. The summed E-state index contributed by atoms with van der Waals surface area (Å²) in [5, 5.41) is 0. The molecule has 2 aromatic rings. The zero-order chi connectivity index (χ0) is 17.7. The van der Waals surface area contributed by atoms with E-state index in [2.05, 4.69) is 0 Å². The minimum Gasteiger partial charge on any atom is -0.493 e. The Hall–Kier alpha value is -2.89. The number of para-hydroxylation sites is 1. The third-order valence-corrected chi connectivity index (χ3v) is 3.62. The first kappa shape index (κ1) is 17.5. The molecule has 0 heterocycles. The maximum Gasteiger partial charge on any atom is 0.338 e. The first-order valence-corrected chi connectivity index (χ1v) is 7.17. The van der Waals surface area contributed by atoms with Gasteiger partial charge in [-0.1, -0.05) is 12.1 Å². The zero-order valence-corrected chi connectivity index (χ0v) is 14.3. The van der Waals surface area contributed by atoms with Crippen LogP contribution in [0.5, 0.6) is 23.0 Å². The molecule has 0 aromatic heterocycles. The van der Waals surface area contributed by atoms with Gasteiger partial charge in [0.25, 0.3) is 0 Å². The molecule has 2 rings (SSSR count). The van der Waals surface area contributed by atoms with Gasteiger partial charge in [-0.2, -0.15) is 0 Å². The Kier molecular flexibility index (Phi) is 5.52. The van der Waals surface area contributed by atoms with Crippen molar-refractivity contribution in [2.75, 3.05) is 35.5 Å². The van der Waals surface area contributed by atoms with Gasteiger partial charge in [0, 0.05) is 11.1 Å². The molecule has 0 aliphatic carbocycles.